The van der Waals surface area contributed by atoms with Crippen molar-refractivity contribution in [1.29, 1.82) is 0 Å². The van der Waals surface area contributed by atoms with Gasteiger partial charge in [-0.3, -0.25) is 9.59 Å². The molecule has 3 heterocycles. The number of carbonyl (C=O) groups is 2. The number of hydrogen-bond donors (Lipinski definition) is 1. The van der Waals surface area contributed by atoms with Crippen LogP contribution in [0, 0.1) is 5.92 Å². The molecule has 2 unspecified atom stereocenters. The number of para-hydroxylation sites is 1. The Balaban J connectivity index is 1.73. The van der Waals surface area contributed by atoms with Gasteiger partial charge in [0.25, 0.3) is 5.91 Å². The SMILES string of the molecule is CC(C)CN1CC(=O)N2CC(c3ccc(Br)cc3)c3c([nH]c4ccccc34)C2(C)C1=O. The summed E-state index contributed by atoms with van der Waals surface area (Å²) in [6, 6.07) is 16.4. The number of aromatic nitrogens is 1. The van der Waals surface area contributed by atoms with E-state index in [0.29, 0.717) is 19.0 Å². The summed E-state index contributed by atoms with van der Waals surface area (Å²) >= 11 is 3.52. The highest BCUT2D eigenvalue weighted by Crippen LogP contribution is 2.48. The van der Waals surface area contributed by atoms with Crippen molar-refractivity contribution in [2.45, 2.75) is 32.2 Å². The van der Waals surface area contributed by atoms with E-state index in [4.69, 9.17) is 0 Å². The lowest BCUT2D eigenvalue weighted by Gasteiger charge is -2.51. The molecule has 1 aromatic heterocycles. The number of nitrogens with one attached hydrogen (secondary N) is 1. The van der Waals surface area contributed by atoms with Crippen LogP contribution in [0.2, 0.25) is 0 Å². The van der Waals surface area contributed by atoms with Crippen LogP contribution in [-0.2, 0) is 15.1 Å². The second-order valence-electron chi connectivity index (χ2n) is 9.22. The average molecular weight is 480 g/mol. The van der Waals surface area contributed by atoms with Gasteiger partial charge < -0.3 is 14.8 Å². The van der Waals surface area contributed by atoms with Gasteiger partial charge in [0.1, 0.15) is 0 Å². The number of halogens is 1. The highest BCUT2D eigenvalue weighted by molar-refractivity contribution is 9.10. The molecule has 0 spiro atoms. The van der Waals surface area contributed by atoms with E-state index in [-0.39, 0.29) is 24.3 Å². The number of amides is 2. The molecule has 2 aliphatic rings. The summed E-state index contributed by atoms with van der Waals surface area (Å²) in [5, 5.41) is 1.12. The number of aromatic amines is 1. The molecule has 160 valence electrons. The van der Waals surface area contributed by atoms with Crippen molar-refractivity contribution < 1.29 is 9.59 Å². The molecule has 1 fully saturated rings. The number of H-pyrrole nitrogens is 1. The Bertz CT molecular complexity index is 1180. The molecule has 5 rings (SSSR count). The molecule has 1 saturated heterocycles. The summed E-state index contributed by atoms with van der Waals surface area (Å²) in [5.74, 6) is 0.311. The fourth-order valence-electron chi connectivity index (χ4n) is 5.26. The predicted octanol–water partition coefficient (Wildman–Crippen LogP) is 4.62. The molecule has 0 aliphatic carbocycles. The Morgan fingerprint density at radius 3 is 2.55 bits per heavy atom. The Morgan fingerprint density at radius 1 is 1.13 bits per heavy atom. The van der Waals surface area contributed by atoms with Gasteiger partial charge in [-0.2, -0.15) is 0 Å². The molecule has 6 heteroatoms. The van der Waals surface area contributed by atoms with E-state index in [1.807, 2.05) is 37.3 Å². The lowest BCUT2D eigenvalue weighted by Crippen LogP contribution is -2.67. The number of hydrogen-bond acceptors (Lipinski definition) is 2. The lowest BCUT2D eigenvalue weighted by atomic mass is 9.76. The molecule has 2 atom stereocenters. The van der Waals surface area contributed by atoms with Gasteiger partial charge in [-0.05, 0) is 42.2 Å². The zero-order valence-electron chi connectivity index (χ0n) is 18.0. The van der Waals surface area contributed by atoms with Crippen LogP contribution in [0.5, 0.6) is 0 Å². The third-order valence-electron chi connectivity index (χ3n) is 6.68. The van der Waals surface area contributed by atoms with E-state index in [2.05, 4.69) is 53.0 Å². The Labute approximate surface area is 190 Å². The number of nitrogens with zero attached hydrogens (tertiary/aromatic N) is 2. The first-order chi connectivity index (χ1) is 14.8. The first-order valence-corrected chi connectivity index (χ1v) is 11.6. The van der Waals surface area contributed by atoms with E-state index in [1.165, 1.54) is 0 Å². The van der Waals surface area contributed by atoms with Crippen LogP contribution in [0.3, 0.4) is 0 Å². The minimum Gasteiger partial charge on any atom is -0.356 e. The van der Waals surface area contributed by atoms with Crippen LogP contribution >= 0.6 is 15.9 Å². The monoisotopic (exact) mass is 479 g/mol. The summed E-state index contributed by atoms with van der Waals surface area (Å²) in [5.41, 5.74) is 3.09. The second-order valence-corrected chi connectivity index (χ2v) is 10.1. The molecule has 0 bridgehead atoms. The van der Waals surface area contributed by atoms with Crippen LogP contribution in [0.1, 0.15) is 43.5 Å². The Morgan fingerprint density at radius 2 is 1.84 bits per heavy atom. The molecular weight excluding hydrogens is 454 g/mol. The largest absolute Gasteiger partial charge is 0.356 e. The third kappa shape index (κ3) is 3.03. The Hall–Kier alpha value is -2.60. The molecule has 2 aromatic carbocycles. The zero-order chi connectivity index (χ0) is 21.9. The molecule has 2 amide bonds. The summed E-state index contributed by atoms with van der Waals surface area (Å²) in [6.45, 7) is 7.28. The van der Waals surface area contributed by atoms with Crippen LogP contribution in [-0.4, -0.2) is 46.2 Å². The summed E-state index contributed by atoms with van der Waals surface area (Å²) in [7, 11) is 0. The molecule has 5 nitrogen and oxygen atoms in total. The highest BCUT2D eigenvalue weighted by Gasteiger charge is 2.56. The van der Waals surface area contributed by atoms with Crippen LogP contribution in [0.4, 0.5) is 0 Å². The summed E-state index contributed by atoms with van der Waals surface area (Å²) < 4.78 is 1.02. The van der Waals surface area contributed by atoms with Gasteiger partial charge in [0.2, 0.25) is 5.91 Å². The standard InChI is InChI=1S/C25H26BrN3O2/c1-15(2)12-28-14-21(30)29-13-19(16-8-10-17(26)11-9-16)22-18-6-4-5-7-20(18)27-23(22)25(29,3)24(28)31/h4-11,15,19,27H,12-14H2,1-3H3. The van der Waals surface area contributed by atoms with E-state index < -0.39 is 5.54 Å². The topological polar surface area (TPSA) is 56.4 Å². The van der Waals surface area contributed by atoms with Gasteiger partial charge in [-0.15, -0.1) is 0 Å². The van der Waals surface area contributed by atoms with Crippen LogP contribution in [0.15, 0.2) is 53.0 Å². The van der Waals surface area contributed by atoms with Gasteiger partial charge in [0.05, 0.1) is 12.2 Å². The molecule has 1 N–H and O–H groups in total. The minimum atomic E-state index is -1.02. The van der Waals surface area contributed by atoms with Crippen molar-refractivity contribution in [3.8, 4) is 0 Å². The van der Waals surface area contributed by atoms with Crippen molar-refractivity contribution in [1.82, 2.24) is 14.8 Å². The number of piperazine rings is 1. The number of rotatable bonds is 3. The first kappa shape index (κ1) is 20.3. The van der Waals surface area contributed by atoms with Crippen molar-refractivity contribution in [2.24, 2.45) is 5.92 Å². The summed E-state index contributed by atoms with van der Waals surface area (Å²) in [4.78, 5) is 34.2. The summed E-state index contributed by atoms with van der Waals surface area (Å²) in [6.07, 6.45) is 0. The normalized spacial score (nSPS) is 23.5. The fourth-order valence-corrected chi connectivity index (χ4v) is 5.52. The molecular formula is C25H26BrN3O2. The Kier molecular flexibility index (Phi) is 4.74. The van der Waals surface area contributed by atoms with Crippen LogP contribution < -0.4 is 0 Å². The zero-order valence-corrected chi connectivity index (χ0v) is 19.6. The molecule has 3 aromatic rings. The van der Waals surface area contributed by atoms with Crippen molar-refractivity contribution in [2.75, 3.05) is 19.6 Å². The fraction of sp³-hybridized carbons (Fsp3) is 0.360. The van der Waals surface area contributed by atoms with Gasteiger partial charge in [-0.1, -0.05) is 60.1 Å². The van der Waals surface area contributed by atoms with Gasteiger partial charge in [-0.25, -0.2) is 0 Å². The highest BCUT2D eigenvalue weighted by atomic mass is 79.9. The van der Waals surface area contributed by atoms with Crippen LogP contribution in [0.25, 0.3) is 10.9 Å². The van der Waals surface area contributed by atoms with Gasteiger partial charge in [0.15, 0.2) is 5.54 Å². The second kappa shape index (κ2) is 7.23. The van der Waals surface area contributed by atoms with E-state index in [0.717, 1.165) is 32.2 Å². The van der Waals surface area contributed by atoms with Crippen molar-refractivity contribution in [3.63, 3.8) is 0 Å². The van der Waals surface area contributed by atoms with E-state index in [1.54, 1.807) is 9.80 Å². The smallest absolute Gasteiger partial charge is 0.254 e. The average Bonchev–Trinajstić information content (AvgIpc) is 3.13. The quantitative estimate of drug-likeness (QED) is 0.595. The van der Waals surface area contributed by atoms with E-state index >= 15 is 0 Å². The maximum Gasteiger partial charge on any atom is 0.254 e. The maximum absolute atomic E-state index is 13.8. The number of benzene rings is 2. The minimum absolute atomic E-state index is 0.000670. The molecule has 0 radical (unpaired) electrons. The first-order valence-electron chi connectivity index (χ1n) is 10.8. The molecule has 2 aliphatic heterocycles. The van der Waals surface area contributed by atoms with E-state index in [9.17, 15) is 9.59 Å². The van der Waals surface area contributed by atoms with Gasteiger partial charge in [0, 0.05) is 34.4 Å². The maximum atomic E-state index is 13.8. The number of fused-ring (bicyclic) bond motifs is 5. The predicted molar refractivity (Wildman–Crippen MR) is 125 cm³/mol. The van der Waals surface area contributed by atoms with Crippen molar-refractivity contribution in [3.05, 3.63) is 69.8 Å². The number of carbonyl (C=O) groups excluding carboxylic acids is 2. The molecule has 31 heavy (non-hydrogen) atoms. The third-order valence-corrected chi connectivity index (χ3v) is 7.20. The van der Waals surface area contributed by atoms with Gasteiger partial charge >= 0.3 is 0 Å². The lowest BCUT2D eigenvalue weighted by molar-refractivity contribution is -0.166. The van der Waals surface area contributed by atoms with Crippen molar-refractivity contribution >= 4 is 38.6 Å². The molecule has 0 saturated carbocycles.